The number of allylic oxidation sites excluding steroid dienone is 2. The van der Waals surface area contributed by atoms with Crippen molar-refractivity contribution in [3.63, 3.8) is 0 Å². The van der Waals surface area contributed by atoms with Crippen molar-refractivity contribution in [2.24, 2.45) is 5.73 Å². The molecule has 0 saturated carbocycles. The van der Waals surface area contributed by atoms with Crippen LogP contribution in [0.5, 0.6) is 11.5 Å². The van der Waals surface area contributed by atoms with Gasteiger partial charge >= 0.3 is 5.97 Å². The number of Topliss-reactive ketones (excluding diaryl/α,β-unsaturated/α-hetero) is 1. The number of ether oxygens (including phenoxy) is 4. The van der Waals surface area contributed by atoms with E-state index in [1.54, 1.807) is 12.1 Å². The molecule has 0 amide bonds. The third kappa shape index (κ3) is 3.98. The lowest BCUT2D eigenvalue weighted by Crippen LogP contribution is -2.31. The van der Waals surface area contributed by atoms with Gasteiger partial charge in [0.25, 0.3) is 0 Å². The molecule has 0 spiro atoms. The van der Waals surface area contributed by atoms with Crippen LogP contribution in [0, 0.1) is 3.57 Å². The zero-order valence-electron chi connectivity index (χ0n) is 16.2. The monoisotopic (exact) mass is 511 g/mol. The number of methoxy groups -OCH3 is 2. The van der Waals surface area contributed by atoms with Crippen LogP contribution in [-0.4, -0.2) is 32.6 Å². The first-order chi connectivity index (χ1) is 13.9. The van der Waals surface area contributed by atoms with Gasteiger partial charge in [-0.1, -0.05) is 12.7 Å². The van der Waals surface area contributed by atoms with E-state index in [2.05, 4.69) is 29.2 Å². The Labute approximate surface area is 182 Å². The highest BCUT2D eigenvalue weighted by atomic mass is 127. The summed E-state index contributed by atoms with van der Waals surface area (Å²) in [6, 6.07) is 3.60. The second-order valence-corrected chi connectivity index (χ2v) is 7.71. The maximum absolute atomic E-state index is 12.8. The molecule has 0 bridgehead atoms. The van der Waals surface area contributed by atoms with E-state index in [0.717, 1.165) is 3.57 Å². The molecule has 2 N–H and O–H groups in total. The number of esters is 1. The van der Waals surface area contributed by atoms with Crippen molar-refractivity contribution in [2.45, 2.75) is 25.2 Å². The maximum atomic E-state index is 12.8. The van der Waals surface area contributed by atoms with Crippen molar-refractivity contribution in [2.75, 3.05) is 20.8 Å². The number of benzene rings is 1. The van der Waals surface area contributed by atoms with Gasteiger partial charge in [0.1, 0.15) is 17.9 Å². The predicted molar refractivity (Wildman–Crippen MR) is 114 cm³/mol. The molecule has 1 aromatic rings. The largest absolute Gasteiger partial charge is 0.493 e. The molecule has 29 heavy (non-hydrogen) atoms. The Morgan fingerprint density at radius 1 is 1.38 bits per heavy atom. The standard InChI is InChI=1S/C21H22INO6/c1-4-8-28-19-12(22)9-11(10-15(19)26-2)16-17-13(24)6-5-7-14(17)29-20(23)18(16)21(25)27-3/h4,9-10,16H,1,5-8,23H2,2-3H3/t16-/m1/s1. The fraction of sp³-hybridized carbons (Fsp3) is 0.333. The second kappa shape index (κ2) is 8.89. The van der Waals surface area contributed by atoms with Gasteiger partial charge in [-0.2, -0.15) is 0 Å². The van der Waals surface area contributed by atoms with E-state index >= 15 is 0 Å². The highest BCUT2D eigenvalue weighted by Crippen LogP contribution is 2.46. The van der Waals surface area contributed by atoms with Gasteiger partial charge in [-0.3, -0.25) is 4.79 Å². The van der Waals surface area contributed by atoms with Crippen LogP contribution in [0.1, 0.15) is 30.7 Å². The van der Waals surface area contributed by atoms with Gasteiger partial charge in [-0.25, -0.2) is 4.79 Å². The van der Waals surface area contributed by atoms with Gasteiger partial charge in [-0.15, -0.1) is 0 Å². The molecule has 0 aromatic heterocycles. The minimum absolute atomic E-state index is 0.0451. The van der Waals surface area contributed by atoms with Crippen molar-refractivity contribution in [1.29, 1.82) is 0 Å². The summed E-state index contributed by atoms with van der Waals surface area (Å²) in [6.45, 7) is 3.97. The number of hydrogen-bond acceptors (Lipinski definition) is 7. The summed E-state index contributed by atoms with van der Waals surface area (Å²) in [5.74, 6) is 0.103. The average Bonchev–Trinajstić information content (AvgIpc) is 2.71. The highest BCUT2D eigenvalue weighted by Gasteiger charge is 2.41. The van der Waals surface area contributed by atoms with E-state index < -0.39 is 11.9 Å². The third-order valence-electron chi connectivity index (χ3n) is 4.82. The summed E-state index contributed by atoms with van der Waals surface area (Å²) in [7, 11) is 2.80. The number of halogens is 1. The number of nitrogens with two attached hydrogens (primary N) is 1. The summed E-state index contributed by atoms with van der Waals surface area (Å²) in [6.07, 6.45) is 3.29. The van der Waals surface area contributed by atoms with Crippen molar-refractivity contribution in [3.8, 4) is 11.5 Å². The molecule has 1 atom stereocenters. The summed E-state index contributed by atoms with van der Waals surface area (Å²) >= 11 is 2.13. The zero-order valence-corrected chi connectivity index (χ0v) is 18.4. The molecule has 7 nitrogen and oxygen atoms in total. The molecule has 1 aliphatic heterocycles. The molecule has 154 valence electrons. The molecular formula is C21H22INO6. The minimum Gasteiger partial charge on any atom is -0.493 e. The van der Waals surface area contributed by atoms with Crippen LogP contribution in [0.25, 0.3) is 0 Å². The lowest BCUT2D eigenvalue weighted by Gasteiger charge is -2.32. The molecule has 3 rings (SSSR count). The summed E-state index contributed by atoms with van der Waals surface area (Å²) < 4.78 is 22.6. The minimum atomic E-state index is -0.699. The number of rotatable bonds is 6. The Kier molecular flexibility index (Phi) is 6.51. The van der Waals surface area contributed by atoms with E-state index in [1.165, 1.54) is 14.2 Å². The van der Waals surface area contributed by atoms with E-state index in [-0.39, 0.29) is 17.2 Å². The first-order valence-corrected chi connectivity index (χ1v) is 10.1. The molecule has 1 aromatic carbocycles. The Morgan fingerprint density at radius 2 is 2.14 bits per heavy atom. The van der Waals surface area contributed by atoms with Crippen LogP contribution in [0.3, 0.4) is 0 Å². The van der Waals surface area contributed by atoms with Gasteiger partial charge in [0, 0.05) is 18.4 Å². The lowest BCUT2D eigenvalue weighted by molar-refractivity contribution is -0.136. The van der Waals surface area contributed by atoms with E-state index in [1.807, 2.05) is 6.07 Å². The molecular weight excluding hydrogens is 489 g/mol. The van der Waals surface area contributed by atoms with Crippen LogP contribution in [-0.2, 0) is 19.1 Å². The highest BCUT2D eigenvalue weighted by molar-refractivity contribution is 14.1. The third-order valence-corrected chi connectivity index (χ3v) is 5.62. The SMILES string of the molecule is C=CCOc1c(I)cc([C@H]2C(C(=O)OC)=C(N)OC3=C2C(=O)CCC3)cc1OC. The number of hydrogen-bond donors (Lipinski definition) is 1. The van der Waals surface area contributed by atoms with Gasteiger partial charge in [0.15, 0.2) is 17.3 Å². The van der Waals surface area contributed by atoms with Crippen molar-refractivity contribution < 1.29 is 28.5 Å². The topological polar surface area (TPSA) is 97.1 Å². The van der Waals surface area contributed by atoms with Crippen molar-refractivity contribution in [1.82, 2.24) is 0 Å². The number of carbonyl (C=O) groups excluding carboxylic acids is 2. The molecule has 1 aliphatic carbocycles. The Hall–Kier alpha value is -2.49. The van der Waals surface area contributed by atoms with Crippen LogP contribution < -0.4 is 15.2 Å². The molecule has 0 saturated heterocycles. The van der Waals surface area contributed by atoms with E-state index in [0.29, 0.717) is 54.3 Å². The normalized spacial score (nSPS) is 18.7. The molecule has 1 heterocycles. The first-order valence-electron chi connectivity index (χ1n) is 9.06. The van der Waals surface area contributed by atoms with Crippen LogP contribution >= 0.6 is 22.6 Å². The predicted octanol–water partition coefficient (Wildman–Crippen LogP) is 3.33. The Balaban J connectivity index is 2.20. The van der Waals surface area contributed by atoms with Gasteiger partial charge < -0.3 is 24.7 Å². The quantitative estimate of drug-likeness (QED) is 0.356. The molecule has 0 fully saturated rings. The second-order valence-electron chi connectivity index (χ2n) is 6.55. The van der Waals surface area contributed by atoms with Gasteiger partial charge in [0.2, 0.25) is 5.88 Å². The fourth-order valence-corrected chi connectivity index (χ4v) is 4.37. The Morgan fingerprint density at radius 3 is 2.79 bits per heavy atom. The summed E-state index contributed by atoms with van der Waals surface area (Å²) in [5.41, 5.74) is 7.31. The summed E-state index contributed by atoms with van der Waals surface area (Å²) in [5, 5.41) is 0. The van der Waals surface area contributed by atoms with E-state index in [4.69, 9.17) is 24.7 Å². The van der Waals surface area contributed by atoms with Gasteiger partial charge in [0.05, 0.1) is 23.7 Å². The molecule has 0 radical (unpaired) electrons. The van der Waals surface area contributed by atoms with Crippen molar-refractivity contribution in [3.05, 3.63) is 56.7 Å². The van der Waals surface area contributed by atoms with Crippen LogP contribution in [0.15, 0.2) is 47.6 Å². The molecule has 0 unspecified atom stereocenters. The van der Waals surface area contributed by atoms with Crippen LogP contribution in [0.2, 0.25) is 0 Å². The van der Waals surface area contributed by atoms with Crippen molar-refractivity contribution >= 4 is 34.3 Å². The fourth-order valence-electron chi connectivity index (χ4n) is 3.59. The zero-order chi connectivity index (χ0) is 21.1. The average molecular weight is 511 g/mol. The number of carbonyl (C=O) groups is 2. The van der Waals surface area contributed by atoms with Crippen LogP contribution in [0.4, 0.5) is 0 Å². The van der Waals surface area contributed by atoms with Gasteiger partial charge in [-0.05, 0) is 46.7 Å². The lowest BCUT2D eigenvalue weighted by atomic mass is 9.77. The molecule has 2 aliphatic rings. The Bertz CT molecular complexity index is 933. The number of ketones is 1. The maximum Gasteiger partial charge on any atom is 0.340 e. The smallest absolute Gasteiger partial charge is 0.340 e. The first kappa shape index (κ1) is 21.2. The summed E-state index contributed by atoms with van der Waals surface area (Å²) in [4.78, 5) is 25.3. The molecule has 8 heteroatoms. The van der Waals surface area contributed by atoms with E-state index in [9.17, 15) is 9.59 Å².